The van der Waals surface area contributed by atoms with Gasteiger partial charge in [-0.3, -0.25) is 0 Å². The smallest absolute Gasteiger partial charge is 0.242 e. The van der Waals surface area contributed by atoms with Crippen molar-refractivity contribution in [3.8, 4) is 0 Å². The minimum atomic E-state index is -3.70. The number of rotatable bonds is 4. The Balaban J connectivity index is 2.28. The van der Waals surface area contributed by atoms with Crippen LogP contribution in [0.25, 0.3) is 0 Å². The van der Waals surface area contributed by atoms with Crippen LogP contribution in [0.4, 0.5) is 0 Å². The Morgan fingerprint density at radius 1 is 1.37 bits per heavy atom. The number of hydrogen-bond acceptors (Lipinski definition) is 3. The molecule has 0 bridgehead atoms. The molecule has 0 aliphatic carbocycles. The first-order chi connectivity index (χ1) is 8.90. The molecule has 1 N–H and O–H groups in total. The highest BCUT2D eigenvalue weighted by molar-refractivity contribution is 9.10. The molecule has 0 fully saturated rings. The monoisotopic (exact) mass is 363 g/mol. The quantitative estimate of drug-likeness (QED) is 0.899. The van der Waals surface area contributed by atoms with Crippen LogP contribution in [0.1, 0.15) is 18.7 Å². The number of benzene rings is 1. The fourth-order valence-corrected chi connectivity index (χ4v) is 3.83. The summed E-state index contributed by atoms with van der Waals surface area (Å²) >= 11 is 9.18. The van der Waals surface area contributed by atoms with Gasteiger partial charge in [0.05, 0.1) is 17.3 Å². The van der Waals surface area contributed by atoms with Crippen LogP contribution in [0.5, 0.6) is 0 Å². The van der Waals surface area contributed by atoms with Crippen LogP contribution >= 0.6 is 27.5 Å². The van der Waals surface area contributed by atoms with Gasteiger partial charge >= 0.3 is 0 Å². The van der Waals surface area contributed by atoms with Crippen molar-refractivity contribution in [2.75, 3.05) is 0 Å². The summed E-state index contributed by atoms with van der Waals surface area (Å²) in [4.78, 5) is 0.0378. The molecule has 1 unspecified atom stereocenters. The second-order valence-electron chi connectivity index (χ2n) is 3.93. The van der Waals surface area contributed by atoms with Gasteiger partial charge < -0.3 is 4.42 Å². The Morgan fingerprint density at radius 2 is 2.11 bits per heavy atom. The molecule has 19 heavy (non-hydrogen) atoms. The van der Waals surface area contributed by atoms with Crippen LogP contribution in [-0.2, 0) is 10.0 Å². The Kier molecular flexibility index (Phi) is 4.35. The third kappa shape index (κ3) is 3.39. The van der Waals surface area contributed by atoms with Gasteiger partial charge in [-0.15, -0.1) is 0 Å². The summed E-state index contributed by atoms with van der Waals surface area (Å²) in [6, 6.07) is 7.54. The van der Waals surface area contributed by atoms with E-state index < -0.39 is 16.1 Å². The summed E-state index contributed by atoms with van der Waals surface area (Å²) in [6.07, 6.45) is 1.49. The van der Waals surface area contributed by atoms with Gasteiger partial charge in [-0.1, -0.05) is 27.5 Å². The van der Waals surface area contributed by atoms with E-state index >= 15 is 0 Å². The van der Waals surface area contributed by atoms with Crippen LogP contribution in [0, 0.1) is 0 Å². The first-order valence-electron chi connectivity index (χ1n) is 5.41. The van der Waals surface area contributed by atoms with Crippen molar-refractivity contribution in [3.05, 3.63) is 51.9 Å². The van der Waals surface area contributed by atoms with E-state index in [0.717, 1.165) is 4.47 Å². The highest BCUT2D eigenvalue weighted by atomic mass is 79.9. The van der Waals surface area contributed by atoms with Crippen LogP contribution in [0.2, 0.25) is 5.02 Å². The molecule has 1 aromatic carbocycles. The van der Waals surface area contributed by atoms with E-state index in [1.165, 1.54) is 18.4 Å². The molecule has 1 atom stereocenters. The molecule has 0 aliphatic heterocycles. The molecule has 0 amide bonds. The molecular formula is C12H11BrClNO3S. The van der Waals surface area contributed by atoms with Gasteiger partial charge in [0, 0.05) is 4.47 Å². The third-order valence-corrected chi connectivity index (χ3v) is 5.00. The summed E-state index contributed by atoms with van der Waals surface area (Å²) in [7, 11) is -3.70. The Hall–Kier alpha value is -0.820. The van der Waals surface area contributed by atoms with Crippen molar-refractivity contribution < 1.29 is 12.8 Å². The van der Waals surface area contributed by atoms with Crippen molar-refractivity contribution in [2.24, 2.45) is 0 Å². The molecule has 0 saturated carbocycles. The predicted molar refractivity (Wildman–Crippen MR) is 76.6 cm³/mol. The van der Waals surface area contributed by atoms with Crippen molar-refractivity contribution >= 4 is 37.6 Å². The van der Waals surface area contributed by atoms with E-state index in [2.05, 4.69) is 20.7 Å². The van der Waals surface area contributed by atoms with Gasteiger partial charge in [0.25, 0.3) is 0 Å². The summed E-state index contributed by atoms with van der Waals surface area (Å²) in [5, 5.41) is 0.161. The number of halogens is 2. The van der Waals surface area contributed by atoms with Gasteiger partial charge in [0.15, 0.2) is 0 Å². The minimum Gasteiger partial charge on any atom is -0.468 e. The lowest BCUT2D eigenvalue weighted by molar-refractivity contribution is 0.459. The lowest BCUT2D eigenvalue weighted by atomic mass is 10.3. The maximum absolute atomic E-state index is 12.2. The Bertz CT molecular complexity index is 670. The van der Waals surface area contributed by atoms with E-state index in [4.69, 9.17) is 16.0 Å². The van der Waals surface area contributed by atoms with Gasteiger partial charge in [-0.2, -0.15) is 0 Å². The van der Waals surface area contributed by atoms with Crippen molar-refractivity contribution in [2.45, 2.75) is 17.9 Å². The fraction of sp³-hybridized carbons (Fsp3) is 0.167. The van der Waals surface area contributed by atoms with Gasteiger partial charge in [0.1, 0.15) is 10.7 Å². The lowest BCUT2D eigenvalue weighted by Crippen LogP contribution is -2.26. The first kappa shape index (κ1) is 14.6. The molecule has 2 rings (SSSR count). The number of hydrogen-bond donors (Lipinski definition) is 1. The van der Waals surface area contributed by atoms with Crippen LogP contribution in [-0.4, -0.2) is 8.42 Å². The van der Waals surface area contributed by atoms with Crippen LogP contribution < -0.4 is 4.72 Å². The highest BCUT2D eigenvalue weighted by Crippen LogP contribution is 2.26. The Labute approximate surface area is 124 Å². The van der Waals surface area contributed by atoms with Crippen molar-refractivity contribution in [1.29, 1.82) is 0 Å². The number of furan rings is 1. The van der Waals surface area contributed by atoms with E-state index in [-0.39, 0.29) is 9.92 Å². The molecule has 0 aliphatic rings. The number of nitrogens with one attached hydrogen (secondary N) is 1. The fourth-order valence-electron chi connectivity index (χ4n) is 1.59. The molecule has 0 radical (unpaired) electrons. The van der Waals surface area contributed by atoms with E-state index in [9.17, 15) is 8.42 Å². The van der Waals surface area contributed by atoms with Crippen molar-refractivity contribution in [1.82, 2.24) is 4.72 Å². The largest absolute Gasteiger partial charge is 0.468 e. The van der Waals surface area contributed by atoms with Gasteiger partial charge in [-0.25, -0.2) is 13.1 Å². The third-order valence-electron chi connectivity index (χ3n) is 2.49. The van der Waals surface area contributed by atoms with E-state index in [1.54, 1.807) is 25.1 Å². The average molecular weight is 365 g/mol. The maximum atomic E-state index is 12.2. The second-order valence-corrected chi connectivity index (χ2v) is 6.94. The van der Waals surface area contributed by atoms with E-state index in [1.807, 2.05) is 0 Å². The van der Waals surface area contributed by atoms with Crippen molar-refractivity contribution in [3.63, 3.8) is 0 Å². The SMILES string of the molecule is CC(NS(=O)(=O)c1ccc(Br)cc1Cl)c1ccco1. The zero-order valence-electron chi connectivity index (χ0n) is 9.93. The summed E-state index contributed by atoms with van der Waals surface area (Å²) < 4.78 is 32.8. The second kappa shape index (κ2) is 5.66. The standard InChI is InChI=1S/C12H11BrClNO3S/c1-8(11-3-2-6-18-11)15-19(16,17)12-5-4-9(13)7-10(12)14/h2-8,15H,1H3. The molecule has 7 heteroatoms. The van der Waals surface area contributed by atoms with Crippen LogP contribution in [0.3, 0.4) is 0 Å². The normalized spacial score (nSPS) is 13.4. The Morgan fingerprint density at radius 3 is 2.68 bits per heavy atom. The van der Waals surface area contributed by atoms with Crippen LogP contribution in [0.15, 0.2) is 50.4 Å². The molecule has 4 nitrogen and oxygen atoms in total. The minimum absolute atomic E-state index is 0.0378. The summed E-state index contributed by atoms with van der Waals surface area (Å²) in [5.74, 6) is 0.539. The molecule has 1 heterocycles. The molecular weight excluding hydrogens is 354 g/mol. The number of sulfonamides is 1. The lowest BCUT2D eigenvalue weighted by Gasteiger charge is -2.13. The zero-order valence-corrected chi connectivity index (χ0v) is 13.1. The average Bonchev–Trinajstić information content (AvgIpc) is 2.80. The molecule has 2 aromatic rings. The van der Waals surface area contributed by atoms with Gasteiger partial charge in [-0.05, 0) is 37.3 Å². The maximum Gasteiger partial charge on any atom is 0.242 e. The first-order valence-corrected chi connectivity index (χ1v) is 8.06. The van der Waals surface area contributed by atoms with E-state index in [0.29, 0.717) is 5.76 Å². The van der Waals surface area contributed by atoms with Gasteiger partial charge in [0.2, 0.25) is 10.0 Å². The molecule has 0 saturated heterocycles. The zero-order chi connectivity index (χ0) is 14.0. The molecule has 1 aromatic heterocycles. The topological polar surface area (TPSA) is 59.3 Å². The molecule has 102 valence electrons. The molecule has 0 spiro atoms. The summed E-state index contributed by atoms with van der Waals surface area (Å²) in [6.45, 7) is 1.70. The highest BCUT2D eigenvalue weighted by Gasteiger charge is 2.22. The predicted octanol–water partition coefficient (Wildman–Crippen LogP) is 3.74. The summed E-state index contributed by atoms with van der Waals surface area (Å²) in [5.41, 5.74) is 0.